The summed E-state index contributed by atoms with van der Waals surface area (Å²) in [5.74, 6) is 0. The summed E-state index contributed by atoms with van der Waals surface area (Å²) in [7, 11) is 0. The highest BCUT2D eigenvalue weighted by atomic mass is 79.9. The molecular weight excluding hydrogens is 1020 g/mol. The van der Waals surface area contributed by atoms with E-state index < -0.39 is 0 Å². The van der Waals surface area contributed by atoms with Gasteiger partial charge in [0, 0.05) is 65.8 Å². The zero-order chi connectivity index (χ0) is 49.3. The van der Waals surface area contributed by atoms with Gasteiger partial charge in [-0.25, -0.2) is 0 Å². The molecule has 5 nitrogen and oxygen atoms in total. The molecule has 0 aliphatic carbocycles. The molecule has 0 aliphatic heterocycles. The molecule has 0 spiro atoms. The fraction of sp³-hybridized carbons (Fsp3) is 0. The van der Waals surface area contributed by atoms with Gasteiger partial charge >= 0.3 is 0 Å². The summed E-state index contributed by atoms with van der Waals surface area (Å²) in [6.45, 7) is 0. The van der Waals surface area contributed by atoms with E-state index in [2.05, 4.69) is 354 Å². The van der Waals surface area contributed by atoms with Crippen LogP contribution in [-0.4, -0.2) is 0 Å². The summed E-state index contributed by atoms with van der Waals surface area (Å²) in [6.07, 6.45) is 0. The maximum absolute atomic E-state index is 4.11. The van der Waals surface area contributed by atoms with Gasteiger partial charge < -0.3 is 24.5 Å². The molecule has 0 heterocycles. The van der Waals surface area contributed by atoms with Crippen LogP contribution in [0.5, 0.6) is 0 Å². The second-order valence-electron chi connectivity index (χ2n) is 17.3. The van der Waals surface area contributed by atoms with Crippen molar-refractivity contribution >= 4 is 117 Å². The molecule has 0 atom stereocenters. The van der Waals surface area contributed by atoms with Gasteiger partial charge in [-0.15, -0.1) is 0 Å². The third-order valence-electron chi connectivity index (χ3n) is 12.6. The van der Waals surface area contributed by atoms with E-state index in [0.29, 0.717) is 0 Å². The van der Waals surface area contributed by atoms with E-state index in [4.69, 9.17) is 0 Å². The van der Waals surface area contributed by atoms with Crippen LogP contribution in [0, 0.1) is 0 Å². The molecule has 0 bridgehead atoms. The fourth-order valence-electron chi connectivity index (χ4n) is 9.40. The van der Waals surface area contributed by atoms with E-state index in [1.807, 2.05) is 0 Å². The van der Waals surface area contributed by atoms with Crippen LogP contribution in [0.1, 0.15) is 0 Å². The quantitative estimate of drug-likeness (QED) is 0.101. The van der Waals surface area contributed by atoms with Gasteiger partial charge in [-0.1, -0.05) is 146 Å². The van der Waals surface area contributed by atoms with Crippen LogP contribution < -0.4 is 24.5 Å². The molecule has 0 N–H and O–H groups in total. The van der Waals surface area contributed by atoms with Crippen LogP contribution in [-0.2, 0) is 0 Å². The molecule has 11 aromatic rings. The third-order valence-corrected chi connectivity index (χ3v) is 14.0. The van der Waals surface area contributed by atoms with E-state index in [0.717, 1.165) is 94.3 Å². The van der Waals surface area contributed by atoms with Gasteiger partial charge in [0.1, 0.15) is 0 Å². The lowest BCUT2D eigenvalue weighted by atomic mass is 10.1. The Balaban J connectivity index is 1.18. The number of benzene rings is 11. The predicted molar refractivity (Wildman–Crippen MR) is 315 cm³/mol. The molecule has 0 aliphatic rings. The largest absolute Gasteiger partial charge is 0.310 e. The van der Waals surface area contributed by atoms with Crippen LogP contribution in [0.3, 0.4) is 0 Å². The van der Waals surface area contributed by atoms with Crippen LogP contribution >= 0.6 is 31.9 Å². The average Bonchev–Trinajstić information content (AvgIpc) is 3.45. The lowest BCUT2D eigenvalue weighted by Gasteiger charge is -2.34. The maximum Gasteiger partial charge on any atom is 0.0624 e. The van der Waals surface area contributed by atoms with Crippen molar-refractivity contribution in [3.8, 4) is 0 Å². The molecule has 0 unspecified atom stereocenters. The van der Waals surface area contributed by atoms with Crippen molar-refractivity contribution < 1.29 is 0 Å². The first-order valence-corrected chi connectivity index (χ1v) is 25.8. The number of hydrogen-bond acceptors (Lipinski definition) is 5. The molecule has 11 rings (SSSR count). The van der Waals surface area contributed by atoms with E-state index in [1.165, 1.54) is 0 Å². The van der Waals surface area contributed by atoms with Gasteiger partial charge in [0.2, 0.25) is 0 Å². The summed E-state index contributed by atoms with van der Waals surface area (Å²) in [5.41, 5.74) is 15.1. The van der Waals surface area contributed by atoms with Crippen LogP contribution in [0.25, 0.3) is 0 Å². The van der Waals surface area contributed by atoms with Gasteiger partial charge in [0.15, 0.2) is 0 Å². The highest BCUT2D eigenvalue weighted by Crippen LogP contribution is 2.50. The highest BCUT2D eigenvalue weighted by Gasteiger charge is 2.26. The molecule has 11 aromatic carbocycles. The number of para-hydroxylation sites is 8. The van der Waals surface area contributed by atoms with Crippen molar-refractivity contribution in [1.82, 2.24) is 0 Å². The summed E-state index contributed by atoms with van der Waals surface area (Å²) in [5, 5.41) is 0. The molecule has 352 valence electrons. The zero-order valence-corrected chi connectivity index (χ0v) is 43.0. The Kier molecular flexibility index (Phi) is 14.0. The Hall–Kier alpha value is -8.62. The van der Waals surface area contributed by atoms with Crippen LogP contribution in [0.15, 0.2) is 306 Å². The number of anilines is 15. The molecule has 7 heteroatoms. The number of nitrogens with zero attached hydrogens (tertiary/aromatic N) is 5. The Bertz CT molecular complexity index is 3230. The first-order valence-electron chi connectivity index (χ1n) is 24.2. The molecule has 0 saturated carbocycles. The number of hydrogen-bond donors (Lipinski definition) is 0. The summed E-state index contributed by atoms with van der Waals surface area (Å²) >= 11 is 8.21. The number of rotatable bonds is 15. The van der Waals surface area contributed by atoms with Gasteiger partial charge in [-0.3, -0.25) is 0 Å². The SMILES string of the molecule is Brc1ccc(N(c2ccccc2)c2ccccc2)cc1N(c1ccccc1)c1cc(N(c2ccccc2)c2ccccc2)cc(N(c2ccccc2)c2cc(N(c3ccccc3)c3ccccc3)ccc2Br)c1. The Morgan fingerprint density at radius 2 is 0.356 bits per heavy atom. The van der Waals surface area contributed by atoms with Gasteiger partial charge in [0.05, 0.1) is 28.4 Å². The van der Waals surface area contributed by atoms with Crippen molar-refractivity contribution in [3.05, 3.63) is 306 Å². The maximum atomic E-state index is 4.11. The Morgan fingerprint density at radius 3 is 0.589 bits per heavy atom. The smallest absolute Gasteiger partial charge is 0.0624 e. The van der Waals surface area contributed by atoms with Crippen molar-refractivity contribution in [2.24, 2.45) is 0 Å². The molecule has 0 saturated heterocycles. The van der Waals surface area contributed by atoms with E-state index in [1.54, 1.807) is 0 Å². The van der Waals surface area contributed by atoms with Gasteiger partial charge in [-0.2, -0.15) is 0 Å². The van der Waals surface area contributed by atoms with Gasteiger partial charge in [0.25, 0.3) is 0 Å². The lowest BCUT2D eigenvalue weighted by Crippen LogP contribution is -2.17. The van der Waals surface area contributed by atoms with Crippen molar-refractivity contribution in [2.75, 3.05) is 24.5 Å². The van der Waals surface area contributed by atoms with Gasteiger partial charge in [-0.05, 0) is 184 Å². The molecule has 0 radical (unpaired) electrons. The zero-order valence-electron chi connectivity index (χ0n) is 39.8. The minimum atomic E-state index is 0.938. The molecular formula is C66H49Br2N5. The minimum absolute atomic E-state index is 0.938. The predicted octanol–water partition coefficient (Wildman–Crippen LogP) is 20.6. The Labute approximate surface area is 445 Å². The molecule has 0 amide bonds. The highest BCUT2D eigenvalue weighted by molar-refractivity contribution is 9.11. The monoisotopic (exact) mass is 1070 g/mol. The summed E-state index contributed by atoms with van der Waals surface area (Å²) < 4.78 is 1.88. The van der Waals surface area contributed by atoms with Crippen LogP contribution in [0.2, 0.25) is 0 Å². The van der Waals surface area contributed by atoms with Crippen molar-refractivity contribution in [1.29, 1.82) is 0 Å². The van der Waals surface area contributed by atoms with Crippen molar-refractivity contribution in [3.63, 3.8) is 0 Å². The normalized spacial score (nSPS) is 10.9. The standard InChI is InChI=1S/C66H49Br2N5/c67-63-43-41-58(69(50-25-9-1-10-26-50)51-27-11-2-12-28-51)48-65(63)72(56-37-21-7-22-38-56)61-45-60(71(54-33-17-5-18-34-54)55-35-19-6-20-36-55)46-62(47-61)73(57-39-23-8-24-40-57)66-49-59(42-44-64(66)68)70(52-29-13-3-14-30-52)53-31-15-4-16-32-53/h1-49H. The topological polar surface area (TPSA) is 16.2 Å². The van der Waals surface area contributed by atoms with E-state index >= 15 is 0 Å². The van der Waals surface area contributed by atoms with Crippen molar-refractivity contribution in [2.45, 2.75) is 0 Å². The third kappa shape index (κ3) is 10.2. The first-order chi connectivity index (χ1) is 36.1. The molecule has 73 heavy (non-hydrogen) atoms. The second kappa shape index (κ2) is 21.8. The summed E-state index contributed by atoms with van der Waals surface area (Å²) in [6, 6.07) is 105. The fourth-order valence-corrected chi connectivity index (χ4v) is 10.3. The van der Waals surface area contributed by atoms with E-state index in [9.17, 15) is 0 Å². The molecule has 0 fully saturated rings. The second-order valence-corrected chi connectivity index (χ2v) is 19.0. The first kappa shape index (κ1) is 46.7. The van der Waals surface area contributed by atoms with Crippen LogP contribution in [0.4, 0.5) is 85.3 Å². The number of halogens is 2. The average molecular weight is 1070 g/mol. The Morgan fingerprint density at radius 1 is 0.164 bits per heavy atom. The molecule has 0 aromatic heterocycles. The van der Waals surface area contributed by atoms with E-state index in [-0.39, 0.29) is 0 Å². The summed E-state index contributed by atoms with van der Waals surface area (Å²) in [4.78, 5) is 11.7. The lowest BCUT2D eigenvalue weighted by molar-refractivity contribution is 1.21. The minimum Gasteiger partial charge on any atom is -0.310 e.